The van der Waals surface area contributed by atoms with Gasteiger partial charge in [0, 0.05) is 6.54 Å². The molecule has 0 bridgehead atoms. The van der Waals surface area contributed by atoms with Gasteiger partial charge < -0.3 is 4.84 Å². The molecule has 0 saturated heterocycles. The Morgan fingerprint density at radius 2 is 1.76 bits per heavy atom. The van der Waals surface area contributed by atoms with Crippen LogP contribution in [0.3, 0.4) is 0 Å². The molecule has 0 saturated carbocycles. The van der Waals surface area contributed by atoms with Crippen LogP contribution in [0.15, 0.2) is 17.0 Å². The quantitative estimate of drug-likeness (QED) is 0.604. The molecule has 0 unspecified atom stereocenters. The van der Waals surface area contributed by atoms with Gasteiger partial charge in [-0.2, -0.15) is 0 Å². The Hall–Kier alpha value is -0.950. The van der Waals surface area contributed by atoms with Crippen molar-refractivity contribution in [3.05, 3.63) is 28.8 Å². The smallest absolute Gasteiger partial charge is 0.241 e. The predicted molar refractivity (Wildman–Crippen MR) is 66.0 cm³/mol. The molecule has 0 heterocycles. The van der Waals surface area contributed by atoms with Crippen LogP contribution in [0.2, 0.25) is 0 Å². The van der Waals surface area contributed by atoms with Crippen molar-refractivity contribution in [1.82, 2.24) is 4.72 Å². The molecule has 3 N–H and O–H groups in total. The van der Waals surface area contributed by atoms with Crippen LogP contribution in [0, 0.1) is 20.8 Å². The molecule has 0 spiro atoms. The number of nitrogens with two attached hydrogens (primary N) is 1. The zero-order chi connectivity index (χ0) is 13.1. The highest BCUT2D eigenvalue weighted by atomic mass is 32.2. The van der Waals surface area contributed by atoms with Crippen molar-refractivity contribution < 1.29 is 13.3 Å². The van der Waals surface area contributed by atoms with Crippen molar-refractivity contribution >= 4 is 10.0 Å². The van der Waals surface area contributed by atoms with Gasteiger partial charge in [0.25, 0.3) is 0 Å². The lowest BCUT2D eigenvalue weighted by molar-refractivity contribution is 0.143. The van der Waals surface area contributed by atoms with Crippen LogP contribution >= 0.6 is 0 Å². The number of rotatable bonds is 5. The molecule has 1 aromatic rings. The third-order valence-electron chi connectivity index (χ3n) is 2.39. The summed E-state index contributed by atoms with van der Waals surface area (Å²) in [5, 5.41) is 0. The molecular weight excluding hydrogens is 240 g/mol. The number of hydrogen-bond donors (Lipinski definition) is 2. The fraction of sp³-hybridized carbons (Fsp3) is 0.455. The van der Waals surface area contributed by atoms with E-state index in [0.29, 0.717) is 4.90 Å². The molecule has 0 aliphatic heterocycles. The van der Waals surface area contributed by atoms with E-state index in [1.807, 2.05) is 19.1 Å². The van der Waals surface area contributed by atoms with Gasteiger partial charge in [-0.1, -0.05) is 17.7 Å². The molecule has 0 atom stereocenters. The maximum absolute atomic E-state index is 12.1. The van der Waals surface area contributed by atoms with Gasteiger partial charge in [0.2, 0.25) is 10.0 Å². The summed E-state index contributed by atoms with van der Waals surface area (Å²) >= 11 is 0. The van der Waals surface area contributed by atoms with Crippen LogP contribution < -0.4 is 10.6 Å². The highest BCUT2D eigenvalue weighted by Gasteiger charge is 2.18. The number of benzene rings is 1. The van der Waals surface area contributed by atoms with E-state index in [1.54, 1.807) is 13.8 Å². The van der Waals surface area contributed by atoms with E-state index >= 15 is 0 Å². The first-order valence-electron chi connectivity index (χ1n) is 5.27. The van der Waals surface area contributed by atoms with Crippen LogP contribution in [0.25, 0.3) is 0 Å². The van der Waals surface area contributed by atoms with Crippen LogP contribution in [-0.2, 0) is 14.9 Å². The molecule has 17 heavy (non-hydrogen) atoms. The zero-order valence-electron chi connectivity index (χ0n) is 10.3. The Labute approximate surface area is 102 Å². The van der Waals surface area contributed by atoms with Gasteiger partial charge in [-0.3, -0.25) is 0 Å². The Morgan fingerprint density at radius 3 is 2.24 bits per heavy atom. The van der Waals surface area contributed by atoms with Crippen molar-refractivity contribution in [2.45, 2.75) is 25.7 Å². The zero-order valence-corrected chi connectivity index (χ0v) is 11.1. The van der Waals surface area contributed by atoms with E-state index < -0.39 is 10.0 Å². The third-order valence-corrected chi connectivity index (χ3v) is 4.15. The summed E-state index contributed by atoms with van der Waals surface area (Å²) < 4.78 is 26.5. The van der Waals surface area contributed by atoms with E-state index in [-0.39, 0.29) is 13.2 Å². The second-order valence-corrected chi connectivity index (χ2v) is 5.70. The van der Waals surface area contributed by atoms with E-state index in [2.05, 4.69) is 9.56 Å². The number of hydrogen-bond acceptors (Lipinski definition) is 4. The van der Waals surface area contributed by atoms with Crippen molar-refractivity contribution in [3.8, 4) is 0 Å². The molecule has 5 nitrogen and oxygen atoms in total. The third kappa shape index (κ3) is 3.50. The summed E-state index contributed by atoms with van der Waals surface area (Å²) in [6, 6.07) is 3.70. The summed E-state index contributed by atoms with van der Waals surface area (Å²) in [5.41, 5.74) is 2.52. The number of nitrogens with one attached hydrogen (secondary N) is 1. The maximum atomic E-state index is 12.1. The molecule has 0 aliphatic carbocycles. The van der Waals surface area contributed by atoms with Gasteiger partial charge in [0.05, 0.1) is 11.5 Å². The Bertz CT molecular complexity index is 474. The highest BCUT2D eigenvalue weighted by Crippen LogP contribution is 2.21. The van der Waals surface area contributed by atoms with Crippen molar-refractivity contribution in [2.75, 3.05) is 13.2 Å². The minimum absolute atomic E-state index is 0.142. The lowest BCUT2D eigenvalue weighted by Crippen LogP contribution is -2.29. The highest BCUT2D eigenvalue weighted by molar-refractivity contribution is 7.89. The predicted octanol–water partition coefficient (Wildman–Crippen LogP) is 0.780. The van der Waals surface area contributed by atoms with Gasteiger partial charge >= 0.3 is 0 Å². The van der Waals surface area contributed by atoms with Gasteiger partial charge in [0.1, 0.15) is 0 Å². The second-order valence-electron chi connectivity index (χ2n) is 4.00. The van der Waals surface area contributed by atoms with Crippen LogP contribution in [0.1, 0.15) is 16.7 Å². The lowest BCUT2D eigenvalue weighted by atomic mass is 10.1. The fourth-order valence-electron chi connectivity index (χ4n) is 1.90. The molecule has 1 rings (SSSR count). The van der Waals surface area contributed by atoms with Gasteiger partial charge in [-0.25, -0.2) is 19.0 Å². The Morgan fingerprint density at radius 1 is 1.24 bits per heavy atom. The van der Waals surface area contributed by atoms with Crippen LogP contribution in [-0.4, -0.2) is 21.6 Å². The molecule has 6 heteroatoms. The van der Waals surface area contributed by atoms with Crippen LogP contribution in [0.4, 0.5) is 0 Å². The SMILES string of the molecule is Cc1cc(C)c(S(=O)(=O)NCCON)c(C)c1. The average Bonchev–Trinajstić information content (AvgIpc) is 2.15. The van der Waals surface area contributed by atoms with Crippen LogP contribution in [0.5, 0.6) is 0 Å². The fourth-order valence-corrected chi connectivity index (χ4v) is 3.36. The van der Waals surface area contributed by atoms with E-state index in [4.69, 9.17) is 5.90 Å². The maximum Gasteiger partial charge on any atom is 0.241 e. The normalized spacial score (nSPS) is 11.8. The van der Waals surface area contributed by atoms with Gasteiger partial charge in [-0.05, 0) is 31.9 Å². The summed E-state index contributed by atoms with van der Waals surface area (Å²) in [5.74, 6) is 4.84. The Balaban J connectivity index is 3.07. The summed E-state index contributed by atoms with van der Waals surface area (Å²) in [6.07, 6.45) is 0. The number of aryl methyl sites for hydroxylation is 3. The van der Waals surface area contributed by atoms with E-state index in [0.717, 1.165) is 16.7 Å². The summed E-state index contributed by atoms with van der Waals surface area (Å²) in [6.45, 7) is 5.81. The second kappa shape index (κ2) is 5.59. The minimum atomic E-state index is -3.50. The molecule has 0 amide bonds. The minimum Gasteiger partial charge on any atom is -0.303 e. The topological polar surface area (TPSA) is 81.4 Å². The van der Waals surface area contributed by atoms with Crippen molar-refractivity contribution in [2.24, 2.45) is 5.90 Å². The monoisotopic (exact) mass is 258 g/mol. The molecule has 0 radical (unpaired) electrons. The summed E-state index contributed by atoms with van der Waals surface area (Å²) in [4.78, 5) is 4.66. The lowest BCUT2D eigenvalue weighted by Gasteiger charge is -2.12. The number of sulfonamides is 1. The first-order chi connectivity index (χ1) is 7.88. The molecular formula is C11H18N2O3S. The standard InChI is InChI=1S/C11H18N2O3S/c1-8-6-9(2)11(10(3)7-8)17(14,15)13-4-5-16-12/h6-7,13H,4-5,12H2,1-3H3. The Kier molecular flexibility index (Phi) is 4.64. The van der Waals surface area contributed by atoms with E-state index in [1.165, 1.54) is 0 Å². The molecule has 96 valence electrons. The largest absolute Gasteiger partial charge is 0.303 e. The van der Waals surface area contributed by atoms with Crippen molar-refractivity contribution in [3.63, 3.8) is 0 Å². The molecule has 0 aliphatic rings. The molecule has 0 aromatic heterocycles. The van der Waals surface area contributed by atoms with Crippen molar-refractivity contribution in [1.29, 1.82) is 0 Å². The first kappa shape index (κ1) is 14.1. The van der Waals surface area contributed by atoms with Gasteiger partial charge in [0.15, 0.2) is 0 Å². The van der Waals surface area contributed by atoms with Gasteiger partial charge in [-0.15, -0.1) is 0 Å². The van der Waals surface area contributed by atoms with E-state index in [9.17, 15) is 8.42 Å². The molecule has 1 aromatic carbocycles. The summed E-state index contributed by atoms with van der Waals surface area (Å²) in [7, 11) is -3.50. The average molecular weight is 258 g/mol. The molecule has 0 fully saturated rings. The first-order valence-corrected chi connectivity index (χ1v) is 6.76.